The third-order valence-electron chi connectivity index (χ3n) is 2.59. The highest BCUT2D eigenvalue weighted by Gasteiger charge is 2.16. The average molecular weight is 257 g/mol. The van der Waals surface area contributed by atoms with Crippen molar-refractivity contribution in [1.82, 2.24) is 9.78 Å². The van der Waals surface area contributed by atoms with Gasteiger partial charge in [-0.1, -0.05) is 12.1 Å². The fraction of sp³-hybridized carbons (Fsp3) is 0.154. The molecule has 96 valence electrons. The van der Waals surface area contributed by atoms with Crippen LogP contribution in [0.25, 0.3) is 0 Å². The SMILES string of the molecule is C#Cc1cc([N+](=O)[O-])nn1Cc1ccc(OC)cc1. The maximum absolute atomic E-state index is 10.7. The van der Waals surface area contributed by atoms with Crippen LogP contribution in [0.15, 0.2) is 30.3 Å². The summed E-state index contributed by atoms with van der Waals surface area (Å²) in [5, 5.41) is 14.5. The van der Waals surface area contributed by atoms with Gasteiger partial charge in [0.05, 0.1) is 24.8 Å². The number of nitro groups is 1. The van der Waals surface area contributed by atoms with E-state index in [-0.39, 0.29) is 5.82 Å². The van der Waals surface area contributed by atoms with Crippen LogP contribution in [-0.4, -0.2) is 21.8 Å². The molecule has 0 bridgehead atoms. The molecule has 0 saturated carbocycles. The second kappa shape index (κ2) is 5.23. The van der Waals surface area contributed by atoms with Crippen molar-refractivity contribution in [2.45, 2.75) is 6.54 Å². The number of aromatic nitrogens is 2. The predicted octanol–water partition coefficient (Wildman–Crippen LogP) is 1.83. The third kappa shape index (κ3) is 2.72. The Bertz CT molecular complexity index is 638. The van der Waals surface area contributed by atoms with Gasteiger partial charge in [-0.15, -0.1) is 6.42 Å². The molecule has 0 atom stereocenters. The molecule has 0 unspecified atom stereocenters. The minimum Gasteiger partial charge on any atom is -0.497 e. The summed E-state index contributed by atoms with van der Waals surface area (Å²) in [6, 6.07) is 8.61. The minimum absolute atomic E-state index is 0.249. The predicted molar refractivity (Wildman–Crippen MR) is 68.9 cm³/mol. The van der Waals surface area contributed by atoms with E-state index in [1.54, 1.807) is 7.11 Å². The Morgan fingerprint density at radius 2 is 2.16 bits per heavy atom. The molecule has 0 spiro atoms. The Balaban J connectivity index is 2.27. The molecular formula is C13H11N3O3. The van der Waals surface area contributed by atoms with E-state index in [4.69, 9.17) is 11.2 Å². The van der Waals surface area contributed by atoms with Crippen LogP contribution in [0.4, 0.5) is 5.82 Å². The molecule has 0 fully saturated rings. The molecule has 19 heavy (non-hydrogen) atoms. The Labute approximate surface area is 109 Å². The first-order valence-electron chi connectivity index (χ1n) is 5.46. The van der Waals surface area contributed by atoms with Gasteiger partial charge < -0.3 is 14.9 Å². The molecular weight excluding hydrogens is 246 g/mol. The van der Waals surface area contributed by atoms with Crippen molar-refractivity contribution in [3.8, 4) is 18.1 Å². The van der Waals surface area contributed by atoms with Crippen molar-refractivity contribution in [1.29, 1.82) is 0 Å². The van der Waals surface area contributed by atoms with Crippen LogP contribution in [-0.2, 0) is 6.54 Å². The molecule has 0 aliphatic carbocycles. The molecule has 0 radical (unpaired) electrons. The number of terminal acetylenes is 1. The second-order valence-electron chi connectivity index (χ2n) is 3.79. The first-order valence-corrected chi connectivity index (χ1v) is 5.46. The van der Waals surface area contributed by atoms with Gasteiger partial charge in [0.1, 0.15) is 11.4 Å². The molecule has 0 saturated heterocycles. The van der Waals surface area contributed by atoms with Crippen LogP contribution in [0.2, 0.25) is 0 Å². The van der Waals surface area contributed by atoms with Crippen molar-refractivity contribution in [2.75, 3.05) is 7.11 Å². The maximum atomic E-state index is 10.7. The summed E-state index contributed by atoms with van der Waals surface area (Å²) in [4.78, 5) is 10.1. The van der Waals surface area contributed by atoms with Crippen molar-refractivity contribution in [2.24, 2.45) is 0 Å². The van der Waals surface area contributed by atoms with Gasteiger partial charge in [0.2, 0.25) is 0 Å². The normalized spacial score (nSPS) is 9.89. The first kappa shape index (κ1) is 12.6. The van der Waals surface area contributed by atoms with Crippen LogP contribution < -0.4 is 4.74 Å². The van der Waals surface area contributed by atoms with E-state index in [0.717, 1.165) is 11.3 Å². The standard InChI is InChI=1S/C13H11N3O3/c1-3-11-8-13(16(17)18)14-15(11)9-10-4-6-12(19-2)7-5-10/h1,4-8H,9H2,2H3. The topological polar surface area (TPSA) is 70.2 Å². The fourth-order valence-electron chi connectivity index (χ4n) is 1.63. The van der Waals surface area contributed by atoms with Gasteiger partial charge in [0, 0.05) is 0 Å². The number of hydrogen-bond acceptors (Lipinski definition) is 4. The lowest BCUT2D eigenvalue weighted by atomic mass is 10.2. The molecule has 2 aromatic rings. The van der Waals surface area contributed by atoms with Crippen LogP contribution in [0.1, 0.15) is 11.3 Å². The Hall–Kier alpha value is -2.81. The number of ether oxygens (including phenoxy) is 1. The van der Waals surface area contributed by atoms with Crippen molar-refractivity contribution < 1.29 is 9.66 Å². The smallest absolute Gasteiger partial charge is 0.391 e. The molecule has 2 rings (SSSR count). The van der Waals surface area contributed by atoms with Gasteiger partial charge in [-0.2, -0.15) is 4.68 Å². The lowest BCUT2D eigenvalue weighted by Gasteiger charge is -2.02. The molecule has 0 aliphatic heterocycles. The van der Waals surface area contributed by atoms with Crippen LogP contribution >= 0.6 is 0 Å². The van der Waals surface area contributed by atoms with Gasteiger partial charge in [-0.05, 0) is 28.5 Å². The quantitative estimate of drug-likeness (QED) is 0.476. The van der Waals surface area contributed by atoms with Gasteiger partial charge in [0.15, 0.2) is 0 Å². The van der Waals surface area contributed by atoms with Gasteiger partial charge >= 0.3 is 5.82 Å². The number of methoxy groups -OCH3 is 1. The molecule has 6 nitrogen and oxygen atoms in total. The van der Waals surface area contributed by atoms with Crippen LogP contribution in [0.5, 0.6) is 5.75 Å². The fourth-order valence-corrected chi connectivity index (χ4v) is 1.63. The molecule has 0 aliphatic rings. The van der Waals surface area contributed by atoms with E-state index >= 15 is 0 Å². The first-order chi connectivity index (χ1) is 9.13. The van der Waals surface area contributed by atoms with E-state index < -0.39 is 4.92 Å². The summed E-state index contributed by atoms with van der Waals surface area (Å²) in [6.45, 7) is 0.372. The zero-order valence-corrected chi connectivity index (χ0v) is 10.2. The largest absolute Gasteiger partial charge is 0.497 e. The molecule has 1 aromatic heterocycles. The number of benzene rings is 1. The highest BCUT2D eigenvalue weighted by Crippen LogP contribution is 2.15. The summed E-state index contributed by atoms with van der Waals surface area (Å²) in [5.74, 6) is 2.88. The summed E-state index contributed by atoms with van der Waals surface area (Å²) in [6.07, 6.45) is 5.31. The molecule has 1 aromatic carbocycles. The highest BCUT2D eigenvalue weighted by atomic mass is 16.6. The Morgan fingerprint density at radius 1 is 1.47 bits per heavy atom. The van der Waals surface area contributed by atoms with Gasteiger partial charge in [-0.25, -0.2) is 0 Å². The summed E-state index contributed by atoms with van der Waals surface area (Å²) in [7, 11) is 1.59. The van der Waals surface area contributed by atoms with Crippen LogP contribution in [0.3, 0.4) is 0 Å². The lowest BCUT2D eigenvalue weighted by molar-refractivity contribution is -0.389. The van der Waals surface area contributed by atoms with Gasteiger partial charge in [0.25, 0.3) is 0 Å². The van der Waals surface area contributed by atoms with Crippen LogP contribution in [0, 0.1) is 22.5 Å². The monoisotopic (exact) mass is 257 g/mol. The average Bonchev–Trinajstić information content (AvgIpc) is 2.83. The van der Waals surface area contributed by atoms with E-state index in [1.165, 1.54) is 10.7 Å². The van der Waals surface area contributed by atoms with Crippen molar-refractivity contribution in [3.05, 3.63) is 51.7 Å². The van der Waals surface area contributed by atoms with E-state index in [0.29, 0.717) is 12.2 Å². The van der Waals surface area contributed by atoms with E-state index in [1.807, 2.05) is 24.3 Å². The second-order valence-corrected chi connectivity index (χ2v) is 3.79. The number of nitrogens with zero attached hydrogens (tertiary/aromatic N) is 3. The lowest BCUT2D eigenvalue weighted by Crippen LogP contribution is -2.04. The minimum atomic E-state index is -0.564. The van der Waals surface area contributed by atoms with Crippen molar-refractivity contribution in [3.63, 3.8) is 0 Å². The van der Waals surface area contributed by atoms with Gasteiger partial charge in [-0.3, -0.25) is 0 Å². The number of hydrogen-bond donors (Lipinski definition) is 0. The van der Waals surface area contributed by atoms with E-state index in [9.17, 15) is 10.1 Å². The molecule has 6 heteroatoms. The molecule has 1 heterocycles. The number of rotatable bonds is 4. The zero-order valence-electron chi connectivity index (χ0n) is 10.2. The Morgan fingerprint density at radius 3 is 2.68 bits per heavy atom. The van der Waals surface area contributed by atoms with E-state index in [2.05, 4.69) is 11.0 Å². The molecule has 0 amide bonds. The maximum Gasteiger partial charge on any atom is 0.391 e. The Kier molecular flexibility index (Phi) is 3.48. The zero-order chi connectivity index (χ0) is 13.8. The highest BCUT2D eigenvalue weighted by molar-refractivity contribution is 5.34. The third-order valence-corrected chi connectivity index (χ3v) is 2.59. The molecule has 0 N–H and O–H groups in total. The summed E-state index contributed by atoms with van der Waals surface area (Å²) < 4.78 is 6.49. The summed E-state index contributed by atoms with van der Waals surface area (Å²) >= 11 is 0. The summed E-state index contributed by atoms with van der Waals surface area (Å²) in [5.41, 5.74) is 1.30. The van der Waals surface area contributed by atoms with Crippen molar-refractivity contribution >= 4 is 5.82 Å².